The largest absolute Gasteiger partial charge is 0.303 e. The molecule has 0 aliphatic carbocycles. The maximum atomic E-state index is 9.02. The zero-order chi connectivity index (χ0) is 12.7. The number of nitrogens with one attached hydrogen (secondary N) is 1. The number of nitriles is 1. The lowest BCUT2D eigenvalue weighted by molar-refractivity contribution is 0.479. The fourth-order valence-corrected chi connectivity index (χ4v) is 2.71. The van der Waals surface area contributed by atoms with Crippen molar-refractivity contribution in [2.75, 3.05) is 12.8 Å². The SMILES string of the molecule is CNC(C)(C#N)CCSCc1ccccc1C. The quantitative estimate of drug-likeness (QED) is 0.786. The molecular formula is C14H20N2S. The van der Waals surface area contributed by atoms with Gasteiger partial charge in [0.25, 0.3) is 0 Å². The summed E-state index contributed by atoms with van der Waals surface area (Å²) in [5.74, 6) is 2.02. The molecular weight excluding hydrogens is 228 g/mol. The first-order valence-corrected chi connectivity index (χ1v) is 6.99. The Kier molecular flexibility index (Phi) is 5.54. The molecule has 0 saturated carbocycles. The zero-order valence-electron chi connectivity index (χ0n) is 10.8. The smallest absolute Gasteiger partial charge is 0.104 e. The average molecular weight is 248 g/mol. The van der Waals surface area contributed by atoms with Crippen LogP contribution in [-0.2, 0) is 5.75 Å². The molecule has 0 saturated heterocycles. The van der Waals surface area contributed by atoms with Crippen molar-refractivity contribution in [3.63, 3.8) is 0 Å². The van der Waals surface area contributed by atoms with Crippen LogP contribution in [0.5, 0.6) is 0 Å². The van der Waals surface area contributed by atoms with Gasteiger partial charge in [0.1, 0.15) is 5.54 Å². The summed E-state index contributed by atoms with van der Waals surface area (Å²) in [5.41, 5.74) is 2.34. The van der Waals surface area contributed by atoms with Crippen molar-refractivity contribution in [3.05, 3.63) is 35.4 Å². The summed E-state index contributed by atoms with van der Waals surface area (Å²) in [4.78, 5) is 0. The number of rotatable bonds is 6. The van der Waals surface area contributed by atoms with Crippen molar-refractivity contribution in [3.8, 4) is 6.07 Å². The number of hydrogen-bond donors (Lipinski definition) is 1. The summed E-state index contributed by atoms with van der Waals surface area (Å²) >= 11 is 1.89. The molecule has 3 heteroatoms. The number of hydrogen-bond acceptors (Lipinski definition) is 3. The lowest BCUT2D eigenvalue weighted by atomic mass is 10.0. The third-order valence-electron chi connectivity index (χ3n) is 3.06. The highest BCUT2D eigenvalue weighted by Crippen LogP contribution is 2.19. The molecule has 2 nitrogen and oxygen atoms in total. The molecule has 1 rings (SSSR count). The van der Waals surface area contributed by atoms with E-state index in [9.17, 15) is 0 Å². The third-order valence-corrected chi connectivity index (χ3v) is 4.07. The zero-order valence-corrected chi connectivity index (χ0v) is 11.6. The Balaban J connectivity index is 2.35. The maximum absolute atomic E-state index is 9.02. The second-order valence-electron chi connectivity index (χ2n) is 4.42. The molecule has 92 valence electrons. The van der Waals surface area contributed by atoms with E-state index in [1.165, 1.54) is 11.1 Å². The molecule has 17 heavy (non-hydrogen) atoms. The van der Waals surface area contributed by atoms with Gasteiger partial charge >= 0.3 is 0 Å². The monoisotopic (exact) mass is 248 g/mol. The summed E-state index contributed by atoms with van der Waals surface area (Å²) in [6.07, 6.45) is 0.872. The standard InChI is InChI=1S/C14H20N2S/c1-12-6-4-5-7-13(12)10-17-9-8-14(2,11-15)16-3/h4-7,16H,8-10H2,1-3H3. The first kappa shape index (κ1) is 14.1. The Labute approximate surface area is 108 Å². The van der Waals surface area contributed by atoms with Gasteiger partial charge in [-0.15, -0.1) is 0 Å². The fraction of sp³-hybridized carbons (Fsp3) is 0.500. The van der Waals surface area contributed by atoms with Crippen LogP contribution in [0.2, 0.25) is 0 Å². The molecule has 0 spiro atoms. The second-order valence-corrected chi connectivity index (χ2v) is 5.53. The minimum Gasteiger partial charge on any atom is -0.303 e. The van der Waals surface area contributed by atoms with Crippen LogP contribution in [0.3, 0.4) is 0 Å². The molecule has 1 aromatic rings. The molecule has 0 fully saturated rings. The molecule has 0 aromatic heterocycles. The molecule has 0 aliphatic rings. The van der Waals surface area contributed by atoms with Crippen molar-refractivity contribution in [1.29, 1.82) is 5.26 Å². The molecule has 1 aromatic carbocycles. The van der Waals surface area contributed by atoms with E-state index in [0.717, 1.165) is 17.9 Å². The topological polar surface area (TPSA) is 35.8 Å². The van der Waals surface area contributed by atoms with Crippen molar-refractivity contribution in [2.45, 2.75) is 31.6 Å². The van der Waals surface area contributed by atoms with Crippen LogP contribution in [0.1, 0.15) is 24.5 Å². The maximum Gasteiger partial charge on any atom is 0.104 e. The Morgan fingerprint density at radius 2 is 2.12 bits per heavy atom. The number of aryl methyl sites for hydroxylation is 1. The highest BCUT2D eigenvalue weighted by Gasteiger charge is 2.19. The van der Waals surface area contributed by atoms with E-state index in [0.29, 0.717) is 0 Å². The van der Waals surface area contributed by atoms with Crippen LogP contribution in [0.25, 0.3) is 0 Å². The van der Waals surface area contributed by atoms with E-state index >= 15 is 0 Å². The van der Waals surface area contributed by atoms with E-state index in [-0.39, 0.29) is 0 Å². The molecule has 0 bridgehead atoms. The first-order valence-electron chi connectivity index (χ1n) is 5.84. The summed E-state index contributed by atoms with van der Waals surface area (Å²) in [6.45, 7) is 4.09. The van der Waals surface area contributed by atoms with E-state index in [2.05, 4.69) is 42.6 Å². The Morgan fingerprint density at radius 1 is 1.41 bits per heavy atom. The van der Waals surface area contributed by atoms with Gasteiger partial charge in [0.05, 0.1) is 6.07 Å². The summed E-state index contributed by atoms with van der Waals surface area (Å²) in [7, 11) is 1.84. The van der Waals surface area contributed by atoms with Gasteiger partial charge in [0.15, 0.2) is 0 Å². The van der Waals surface area contributed by atoms with E-state index in [1.54, 1.807) is 0 Å². The number of thioether (sulfide) groups is 1. The molecule has 1 atom stereocenters. The number of nitrogens with zero attached hydrogens (tertiary/aromatic N) is 1. The third kappa shape index (κ3) is 4.41. The van der Waals surface area contributed by atoms with Gasteiger partial charge in [-0.1, -0.05) is 24.3 Å². The molecule has 1 N–H and O–H groups in total. The first-order chi connectivity index (χ1) is 8.11. The molecule has 0 heterocycles. The van der Waals surface area contributed by atoms with Crippen LogP contribution >= 0.6 is 11.8 Å². The van der Waals surface area contributed by atoms with Gasteiger partial charge in [-0.05, 0) is 44.2 Å². The van der Waals surface area contributed by atoms with Crippen LogP contribution < -0.4 is 5.32 Å². The van der Waals surface area contributed by atoms with E-state index in [4.69, 9.17) is 5.26 Å². The average Bonchev–Trinajstić information content (AvgIpc) is 2.36. The van der Waals surface area contributed by atoms with E-state index < -0.39 is 5.54 Å². The summed E-state index contributed by atoms with van der Waals surface area (Å²) < 4.78 is 0. The minimum absolute atomic E-state index is 0.390. The highest BCUT2D eigenvalue weighted by molar-refractivity contribution is 7.98. The molecule has 0 amide bonds. The van der Waals surface area contributed by atoms with Gasteiger partial charge in [-0.25, -0.2) is 0 Å². The van der Waals surface area contributed by atoms with Gasteiger partial charge in [0.2, 0.25) is 0 Å². The second kappa shape index (κ2) is 6.68. The Hall–Kier alpha value is -0.980. The Bertz CT molecular complexity index is 397. The minimum atomic E-state index is -0.390. The summed E-state index contributed by atoms with van der Waals surface area (Å²) in [6, 6.07) is 10.8. The van der Waals surface area contributed by atoms with Crippen LogP contribution in [0, 0.1) is 18.3 Å². The van der Waals surface area contributed by atoms with Crippen LogP contribution in [0.4, 0.5) is 0 Å². The molecule has 1 unspecified atom stereocenters. The normalized spacial score (nSPS) is 14.0. The molecule has 0 radical (unpaired) electrons. The summed E-state index contributed by atoms with van der Waals surface area (Å²) in [5, 5.41) is 12.1. The number of benzene rings is 1. The van der Waals surface area contributed by atoms with Gasteiger partial charge in [0, 0.05) is 5.75 Å². The van der Waals surface area contributed by atoms with Gasteiger partial charge in [-0.3, -0.25) is 0 Å². The lowest BCUT2D eigenvalue weighted by Gasteiger charge is -2.20. The lowest BCUT2D eigenvalue weighted by Crippen LogP contribution is -2.38. The van der Waals surface area contributed by atoms with Crippen molar-refractivity contribution >= 4 is 11.8 Å². The highest BCUT2D eigenvalue weighted by atomic mass is 32.2. The van der Waals surface area contributed by atoms with Crippen molar-refractivity contribution in [1.82, 2.24) is 5.32 Å². The fourth-order valence-electron chi connectivity index (χ4n) is 1.47. The van der Waals surface area contributed by atoms with Crippen molar-refractivity contribution < 1.29 is 0 Å². The molecule has 0 aliphatic heterocycles. The predicted octanol–water partition coefficient (Wildman–Crippen LogP) is 3.12. The van der Waals surface area contributed by atoms with Gasteiger partial charge in [-0.2, -0.15) is 17.0 Å². The van der Waals surface area contributed by atoms with E-state index in [1.807, 2.05) is 25.7 Å². The van der Waals surface area contributed by atoms with Crippen LogP contribution in [0.15, 0.2) is 24.3 Å². The predicted molar refractivity (Wildman–Crippen MR) is 75.0 cm³/mol. The van der Waals surface area contributed by atoms with Crippen molar-refractivity contribution in [2.24, 2.45) is 0 Å². The van der Waals surface area contributed by atoms with Gasteiger partial charge < -0.3 is 5.32 Å². The van der Waals surface area contributed by atoms with Crippen LogP contribution in [-0.4, -0.2) is 18.3 Å². The Morgan fingerprint density at radius 3 is 2.71 bits per heavy atom.